The molecule has 0 radical (unpaired) electrons. The maximum atomic E-state index is 12.9. The van der Waals surface area contributed by atoms with Crippen LogP contribution < -0.4 is 4.90 Å². The molecule has 2 aromatic carbocycles. The molecule has 1 fully saturated rings. The summed E-state index contributed by atoms with van der Waals surface area (Å²) < 4.78 is 1.85. The zero-order valence-corrected chi connectivity index (χ0v) is 19.1. The first-order chi connectivity index (χ1) is 14.9. The van der Waals surface area contributed by atoms with Gasteiger partial charge in [0.1, 0.15) is 0 Å². The van der Waals surface area contributed by atoms with Gasteiger partial charge in [-0.3, -0.25) is 9.48 Å². The van der Waals surface area contributed by atoms with Crippen molar-refractivity contribution in [3.8, 4) is 11.3 Å². The number of aromatic nitrogens is 2. The predicted molar refractivity (Wildman–Crippen MR) is 126 cm³/mol. The fourth-order valence-corrected chi connectivity index (χ4v) is 4.33. The van der Waals surface area contributed by atoms with Gasteiger partial charge in [-0.2, -0.15) is 5.10 Å². The molecule has 1 aliphatic rings. The summed E-state index contributed by atoms with van der Waals surface area (Å²) in [4.78, 5) is 17.3. The highest BCUT2D eigenvalue weighted by atomic mass is 16.2. The van der Waals surface area contributed by atoms with Gasteiger partial charge in [0.25, 0.3) is 0 Å². The van der Waals surface area contributed by atoms with E-state index in [-0.39, 0.29) is 5.91 Å². The Labute approximate surface area is 185 Å². The van der Waals surface area contributed by atoms with Gasteiger partial charge in [0.2, 0.25) is 5.91 Å². The fraction of sp³-hybridized carbons (Fsp3) is 0.385. The van der Waals surface area contributed by atoms with Crippen LogP contribution in [0.15, 0.2) is 48.7 Å². The van der Waals surface area contributed by atoms with Gasteiger partial charge in [0.05, 0.1) is 5.69 Å². The third kappa shape index (κ3) is 4.82. The Balaban J connectivity index is 1.36. The van der Waals surface area contributed by atoms with Gasteiger partial charge < -0.3 is 9.80 Å². The van der Waals surface area contributed by atoms with Gasteiger partial charge >= 0.3 is 0 Å². The highest BCUT2D eigenvalue weighted by molar-refractivity contribution is 5.77. The number of aryl methyl sites for hydroxylation is 5. The van der Waals surface area contributed by atoms with E-state index in [2.05, 4.69) is 73.2 Å². The normalized spacial score (nSPS) is 14.2. The molecule has 1 saturated heterocycles. The van der Waals surface area contributed by atoms with Gasteiger partial charge in [-0.1, -0.05) is 42.0 Å². The van der Waals surface area contributed by atoms with E-state index in [0.29, 0.717) is 12.8 Å². The molecule has 0 bridgehead atoms. The largest absolute Gasteiger partial charge is 0.368 e. The minimum Gasteiger partial charge on any atom is -0.368 e. The summed E-state index contributed by atoms with van der Waals surface area (Å²) in [5.74, 6) is 0.235. The molecule has 162 valence electrons. The van der Waals surface area contributed by atoms with Gasteiger partial charge in [-0.25, -0.2) is 0 Å². The molecule has 0 saturated carbocycles. The highest BCUT2D eigenvalue weighted by Crippen LogP contribution is 2.25. The predicted octanol–water partition coefficient (Wildman–Crippen LogP) is 4.29. The second-order valence-electron chi connectivity index (χ2n) is 8.70. The van der Waals surface area contributed by atoms with Crippen LogP contribution in [0.5, 0.6) is 0 Å². The molecule has 31 heavy (non-hydrogen) atoms. The van der Waals surface area contributed by atoms with Crippen LogP contribution in [0.2, 0.25) is 0 Å². The SMILES string of the molecule is Cc1ccc(-c2nn(C)cc2CCC(=O)N2CCN(c3cc(C)ccc3C)CC2)cc1. The van der Waals surface area contributed by atoms with E-state index in [9.17, 15) is 4.79 Å². The van der Waals surface area contributed by atoms with Crippen LogP contribution in [0, 0.1) is 20.8 Å². The molecule has 5 heteroatoms. The molecule has 1 aliphatic heterocycles. The molecule has 0 unspecified atom stereocenters. The third-order valence-electron chi connectivity index (χ3n) is 6.18. The van der Waals surface area contributed by atoms with Crippen molar-refractivity contribution in [1.82, 2.24) is 14.7 Å². The standard InChI is InChI=1S/C26H32N4O/c1-19-6-9-22(10-7-19)26-23(18-28(4)27-26)11-12-25(31)30-15-13-29(14-16-30)24-17-20(2)5-8-21(24)3/h5-10,17-18H,11-16H2,1-4H3. The number of carbonyl (C=O) groups is 1. The molecule has 0 spiro atoms. The maximum absolute atomic E-state index is 12.9. The molecule has 4 rings (SSSR count). The monoisotopic (exact) mass is 416 g/mol. The van der Waals surface area contributed by atoms with Crippen molar-refractivity contribution >= 4 is 11.6 Å². The molecule has 5 nitrogen and oxygen atoms in total. The molecule has 0 atom stereocenters. The molecular formula is C26H32N4O. The average molecular weight is 417 g/mol. The molecule has 0 aliphatic carbocycles. The van der Waals surface area contributed by atoms with Gasteiger partial charge in [0.15, 0.2) is 0 Å². The molecule has 2 heterocycles. The third-order valence-corrected chi connectivity index (χ3v) is 6.18. The number of anilines is 1. The first kappa shape index (κ1) is 21.2. The molecule has 0 N–H and O–H groups in total. The number of carbonyl (C=O) groups excluding carboxylic acids is 1. The van der Waals surface area contributed by atoms with E-state index in [1.807, 2.05) is 22.8 Å². The summed E-state index contributed by atoms with van der Waals surface area (Å²) >= 11 is 0. The maximum Gasteiger partial charge on any atom is 0.223 e. The van der Waals surface area contributed by atoms with E-state index in [1.54, 1.807) is 0 Å². The Morgan fingerprint density at radius 2 is 1.61 bits per heavy atom. The quantitative estimate of drug-likeness (QED) is 0.623. The van der Waals surface area contributed by atoms with Crippen molar-refractivity contribution in [3.05, 3.63) is 70.9 Å². The number of benzene rings is 2. The Hall–Kier alpha value is -3.08. The van der Waals surface area contributed by atoms with E-state index in [4.69, 9.17) is 0 Å². The molecule has 1 aromatic heterocycles. The van der Waals surface area contributed by atoms with Crippen LogP contribution in [-0.4, -0.2) is 46.8 Å². The van der Waals surface area contributed by atoms with Crippen LogP contribution in [-0.2, 0) is 18.3 Å². The zero-order chi connectivity index (χ0) is 22.0. The van der Waals surface area contributed by atoms with Crippen molar-refractivity contribution in [2.45, 2.75) is 33.6 Å². The van der Waals surface area contributed by atoms with Gasteiger partial charge in [0, 0.05) is 57.1 Å². The smallest absolute Gasteiger partial charge is 0.223 e. The summed E-state index contributed by atoms with van der Waals surface area (Å²) in [6.07, 6.45) is 3.28. The summed E-state index contributed by atoms with van der Waals surface area (Å²) in [5.41, 5.74) is 8.33. The van der Waals surface area contributed by atoms with Crippen molar-refractivity contribution in [2.75, 3.05) is 31.1 Å². The van der Waals surface area contributed by atoms with Gasteiger partial charge in [-0.15, -0.1) is 0 Å². The first-order valence-electron chi connectivity index (χ1n) is 11.1. The Morgan fingerprint density at radius 1 is 0.935 bits per heavy atom. The number of rotatable bonds is 5. The number of piperazine rings is 1. The lowest BCUT2D eigenvalue weighted by molar-refractivity contribution is -0.131. The van der Waals surface area contributed by atoms with Crippen LogP contribution in [0.25, 0.3) is 11.3 Å². The lowest BCUT2D eigenvalue weighted by Crippen LogP contribution is -2.49. The fourth-order valence-electron chi connectivity index (χ4n) is 4.33. The second-order valence-corrected chi connectivity index (χ2v) is 8.70. The van der Waals surface area contributed by atoms with E-state index in [0.717, 1.165) is 43.0 Å². The van der Waals surface area contributed by atoms with Crippen molar-refractivity contribution in [2.24, 2.45) is 7.05 Å². The molecule has 1 amide bonds. The number of nitrogens with zero attached hydrogens (tertiary/aromatic N) is 4. The van der Waals surface area contributed by atoms with Crippen molar-refractivity contribution in [3.63, 3.8) is 0 Å². The Kier molecular flexibility index (Phi) is 6.12. The van der Waals surface area contributed by atoms with Crippen LogP contribution >= 0.6 is 0 Å². The summed E-state index contributed by atoms with van der Waals surface area (Å²) in [6.45, 7) is 9.71. The van der Waals surface area contributed by atoms with E-state index in [1.165, 1.54) is 22.4 Å². The lowest BCUT2D eigenvalue weighted by atomic mass is 10.0. The van der Waals surface area contributed by atoms with E-state index >= 15 is 0 Å². The minimum absolute atomic E-state index is 0.235. The topological polar surface area (TPSA) is 41.4 Å². The minimum atomic E-state index is 0.235. The Bertz CT molecular complexity index is 1060. The van der Waals surface area contributed by atoms with Crippen molar-refractivity contribution < 1.29 is 4.79 Å². The summed E-state index contributed by atoms with van der Waals surface area (Å²) in [7, 11) is 1.94. The van der Waals surface area contributed by atoms with Crippen LogP contribution in [0.3, 0.4) is 0 Å². The molecule has 3 aromatic rings. The van der Waals surface area contributed by atoms with Crippen LogP contribution in [0.4, 0.5) is 5.69 Å². The zero-order valence-electron chi connectivity index (χ0n) is 19.1. The first-order valence-corrected chi connectivity index (χ1v) is 11.1. The second kappa shape index (κ2) is 8.96. The Morgan fingerprint density at radius 3 is 2.32 bits per heavy atom. The lowest BCUT2D eigenvalue weighted by Gasteiger charge is -2.37. The average Bonchev–Trinajstić information content (AvgIpc) is 3.15. The number of amides is 1. The number of hydrogen-bond acceptors (Lipinski definition) is 3. The number of hydrogen-bond donors (Lipinski definition) is 0. The van der Waals surface area contributed by atoms with Gasteiger partial charge in [-0.05, 0) is 49.9 Å². The highest BCUT2D eigenvalue weighted by Gasteiger charge is 2.22. The van der Waals surface area contributed by atoms with E-state index < -0.39 is 0 Å². The van der Waals surface area contributed by atoms with Crippen molar-refractivity contribution in [1.29, 1.82) is 0 Å². The summed E-state index contributed by atoms with van der Waals surface area (Å²) in [5, 5.41) is 4.64. The molecular weight excluding hydrogens is 384 g/mol. The summed E-state index contributed by atoms with van der Waals surface area (Å²) in [6, 6.07) is 15.0. The van der Waals surface area contributed by atoms with Crippen LogP contribution in [0.1, 0.15) is 28.7 Å².